The first-order valence-corrected chi connectivity index (χ1v) is 10.8. The van der Waals surface area contributed by atoms with Gasteiger partial charge in [-0.3, -0.25) is 14.2 Å². The third kappa shape index (κ3) is 5.38. The van der Waals surface area contributed by atoms with Crippen LogP contribution in [0.4, 0.5) is 11.6 Å². The molecule has 0 spiro atoms. The number of nitrogens with zero attached hydrogens (tertiary/aromatic N) is 6. The molecule has 4 aromatic rings. The molecule has 10 heteroatoms. The van der Waals surface area contributed by atoms with Crippen LogP contribution in [-0.4, -0.2) is 35.4 Å². The van der Waals surface area contributed by atoms with Gasteiger partial charge in [0.15, 0.2) is 0 Å². The van der Waals surface area contributed by atoms with E-state index < -0.39 is 0 Å². The zero-order valence-electron chi connectivity index (χ0n) is 18.9. The maximum Gasteiger partial charge on any atom is 0.254 e. The standard InChI is InChI=1S/C23H25ClN8O/c1-23(2,3)32-13-17(11-28-32)21(33)26-10-16-6-5-15(9-19(16)24)20-7-8-25-22(30-20)29-18-12-27-31(4)14-18/h5-9,11-14H,10H2,1-4H3,(H,26,33)(H,25,29,30). The predicted octanol–water partition coefficient (Wildman–Crippen LogP) is 4.16. The largest absolute Gasteiger partial charge is 0.348 e. The van der Waals surface area contributed by atoms with E-state index in [4.69, 9.17) is 11.6 Å². The van der Waals surface area contributed by atoms with Crippen molar-refractivity contribution in [2.24, 2.45) is 7.05 Å². The van der Waals surface area contributed by atoms with Gasteiger partial charge in [0, 0.05) is 42.8 Å². The second-order valence-electron chi connectivity index (χ2n) is 8.63. The van der Waals surface area contributed by atoms with Crippen LogP contribution in [0.3, 0.4) is 0 Å². The lowest BCUT2D eigenvalue weighted by atomic mass is 10.1. The van der Waals surface area contributed by atoms with E-state index >= 15 is 0 Å². The van der Waals surface area contributed by atoms with E-state index in [1.54, 1.807) is 34.2 Å². The predicted molar refractivity (Wildman–Crippen MR) is 127 cm³/mol. The molecule has 170 valence electrons. The Kier molecular flexibility index (Phi) is 6.15. The van der Waals surface area contributed by atoms with Gasteiger partial charge >= 0.3 is 0 Å². The van der Waals surface area contributed by atoms with Crippen molar-refractivity contribution in [3.05, 3.63) is 71.4 Å². The minimum Gasteiger partial charge on any atom is -0.348 e. The van der Waals surface area contributed by atoms with Gasteiger partial charge in [-0.05, 0) is 38.5 Å². The van der Waals surface area contributed by atoms with Crippen LogP contribution in [0.25, 0.3) is 11.3 Å². The highest BCUT2D eigenvalue weighted by Crippen LogP contribution is 2.25. The van der Waals surface area contributed by atoms with Crippen molar-refractivity contribution in [2.75, 3.05) is 5.32 Å². The topological polar surface area (TPSA) is 103 Å². The summed E-state index contributed by atoms with van der Waals surface area (Å²) in [7, 11) is 1.84. The Morgan fingerprint density at radius 1 is 1.12 bits per heavy atom. The van der Waals surface area contributed by atoms with Gasteiger partial charge in [0.25, 0.3) is 5.91 Å². The molecule has 0 saturated heterocycles. The molecule has 0 bridgehead atoms. The van der Waals surface area contributed by atoms with Gasteiger partial charge in [-0.2, -0.15) is 10.2 Å². The number of halogens is 1. The molecule has 9 nitrogen and oxygen atoms in total. The van der Waals surface area contributed by atoms with E-state index in [0.29, 0.717) is 23.1 Å². The number of aryl methyl sites for hydroxylation is 1. The highest BCUT2D eigenvalue weighted by molar-refractivity contribution is 6.31. The lowest BCUT2D eigenvalue weighted by molar-refractivity contribution is 0.0950. The lowest BCUT2D eigenvalue weighted by Gasteiger charge is -2.18. The van der Waals surface area contributed by atoms with Crippen LogP contribution in [-0.2, 0) is 19.1 Å². The molecular formula is C23H25ClN8O. The number of nitrogens with one attached hydrogen (secondary N) is 2. The zero-order valence-corrected chi connectivity index (χ0v) is 19.6. The molecule has 1 amide bonds. The van der Waals surface area contributed by atoms with Crippen LogP contribution >= 0.6 is 11.6 Å². The number of aromatic nitrogens is 6. The first kappa shape index (κ1) is 22.5. The Morgan fingerprint density at radius 3 is 2.61 bits per heavy atom. The SMILES string of the molecule is Cn1cc(Nc2nccc(-c3ccc(CNC(=O)c4cnn(C(C)(C)C)c4)c(Cl)c3)n2)cn1. The monoisotopic (exact) mass is 464 g/mol. The summed E-state index contributed by atoms with van der Waals surface area (Å²) in [6, 6.07) is 7.44. The Morgan fingerprint density at radius 2 is 1.94 bits per heavy atom. The van der Waals surface area contributed by atoms with Crippen LogP contribution < -0.4 is 10.6 Å². The minimum absolute atomic E-state index is 0.188. The molecule has 4 rings (SSSR count). The van der Waals surface area contributed by atoms with Gasteiger partial charge in [0.2, 0.25) is 5.95 Å². The molecule has 3 heterocycles. The summed E-state index contributed by atoms with van der Waals surface area (Å²) in [4.78, 5) is 21.3. The van der Waals surface area contributed by atoms with Crippen LogP contribution in [0, 0.1) is 0 Å². The second kappa shape index (κ2) is 9.03. The first-order valence-electron chi connectivity index (χ1n) is 10.4. The fraction of sp³-hybridized carbons (Fsp3) is 0.261. The van der Waals surface area contributed by atoms with Crippen molar-refractivity contribution in [3.63, 3.8) is 0 Å². The van der Waals surface area contributed by atoms with Crippen molar-refractivity contribution in [1.82, 2.24) is 34.8 Å². The number of carbonyl (C=O) groups is 1. The fourth-order valence-corrected chi connectivity index (χ4v) is 3.38. The van der Waals surface area contributed by atoms with Crippen LogP contribution in [0.15, 0.2) is 55.2 Å². The second-order valence-corrected chi connectivity index (χ2v) is 9.03. The highest BCUT2D eigenvalue weighted by atomic mass is 35.5. The molecule has 3 aromatic heterocycles. The molecule has 1 aromatic carbocycles. The molecule has 33 heavy (non-hydrogen) atoms. The summed E-state index contributed by atoms with van der Waals surface area (Å²) in [5.41, 5.74) is 3.49. The summed E-state index contributed by atoms with van der Waals surface area (Å²) < 4.78 is 3.46. The molecule has 2 N–H and O–H groups in total. The molecule has 0 aliphatic rings. The number of amides is 1. The Balaban J connectivity index is 1.43. The van der Waals surface area contributed by atoms with E-state index in [-0.39, 0.29) is 11.4 Å². The van der Waals surface area contributed by atoms with Crippen LogP contribution in [0.1, 0.15) is 36.7 Å². The van der Waals surface area contributed by atoms with Gasteiger partial charge in [-0.25, -0.2) is 9.97 Å². The minimum atomic E-state index is -0.201. The van der Waals surface area contributed by atoms with E-state index in [9.17, 15) is 4.79 Å². The summed E-state index contributed by atoms with van der Waals surface area (Å²) in [6.07, 6.45) is 8.53. The van der Waals surface area contributed by atoms with Crippen LogP contribution in [0.5, 0.6) is 0 Å². The summed E-state index contributed by atoms with van der Waals surface area (Å²) in [6.45, 7) is 6.38. The maximum atomic E-state index is 12.5. The smallest absolute Gasteiger partial charge is 0.254 e. The van der Waals surface area contributed by atoms with Gasteiger partial charge in [-0.15, -0.1) is 0 Å². The fourth-order valence-electron chi connectivity index (χ4n) is 3.13. The first-order chi connectivity index (χ1) is 15.7. The Hall–Kier alpha value is -3.72. The Bertz CT molecular complexity index is 1290. The number of hydrogen-bond donors (Lipinski definition) is 2. The summed E-state index contributed by atoms with van der Waals surface area (Å²) in [5, 5.41) is 15.0. The van der Waals surface area contributed by atoms with Crippen molar-refractivity contribution >= 4 is 29.1 Å². The maximum absolute atomic E-state index is 12.5. The molecule has 0 aliphatic heterocycles. The number of carbonyl (C=O) groups excluding carboxylic acids is 1. The molecular weight excluding hydrogens is 440 g/mol. The van der Waals surface area contributed by atoms with E-state index in [1.807, 2.05) is 58.3 Å². The summed E-state index contributed by atoms with van der Waals surface area (Å²) in [5.74, 6) is 0.260. The average molecular weight is 465 g/mol. The third-order valence-corrected chi connectivity index (χ3v) is 5.29. The van der Waals surface area contributed by atoms with Crippen LogP contribution in [0.2, 0.25) is 5.02 Å². The zero-order chi connectivity index (χ0) is 23.6. The van der Waals surface area contributed by atoms with Crippen molar-refractivity contribution in [1.29, 1.82) is 0 Å². The lowest BCUT2D eigenvalue weighted by Crippen LogP contribution is -2.24. The van der Waals surface area contributed by atoms with E-state index in [0.717, 1.165) is 22.5 Å². The van der Waals surface area contributed by atoms with Gasteiger partial charge in [0.05, 0.1) is 34.9 Å². The average Bonchev–Trinajstić information content (AvgIpc) is 3.42. The Labute approximate surface area is 196 Å². The van der Waals surface area contributed by atoms with Gasteiger partial charge < -0.3 is 10.6 Å². The molecule has 0 radical (unpaired) electrons. The van der Waals surface area contributed by atoms with Gasteiger partial charge in [0.1, 0.15) is 0 Å². The number of hydrogen-bond acceptors (Lipinski definition) is 6. The van der Waals surface area contributed by atoms with E-state index in [1.165, 1.54) is 0 Å². The van der Waals surface area contributed by atoms with Crippen molar-refractivity contribution in [3.8, 4) is 11.3 Å². The highest BCUT2D eigenvalue weighted by Gasteiger charge is 2.17. The summed E-state index contributed by atoms with van der Waals surface area (Å²) >= 11 is 6.51. The van der Waals surface area contributed by atoms with E-state index in [2.05, 4.69) is 30.8 Å². The number of anilines is 2. The normalized spacial score (nSPS) is 11.4. The quantitative estimate of drug-likeness (QED) is 0.444. The number of benzene rings is 1. The molecule has 0 atom stereocenters. The van der Waals surface area contributed by atoms with Gasteiger partial charge in [-0.1, -0.05) is 23.7 Å². The molecule has 0 saturated carbocycles. The third-order valence-electron chi connectivity index (χ3n) is 4.94. The molecule has 0 fully saturated rings. The van der Waals surface area contributed by atoms with Crippen molar-refractivity contribution in [2.45, 2.75) is 32.9 Å². The molecule has 0 aliphatic carbocycles. The number of rotatable bonds is 6. The molecule has 0 unspecified atom stereocenters. The van der Waals surface area contributed by atoms with Crippen molar-refractivity contribution < 1.29 is 4.79 Å².